The SMILES string of the molecule is Cc1cc(N(C)C)ncc1-c1nc(N)nc2c1CN(C(=O)NC1=CC=C1)C2. The Morgan fingerprint density at radius 3 is 2.70 bits per heavy atom. The summed E-state index contributed by atoms with van der Waals surface area (Å²) in [5, 5.41) is 2.86. The minimum atomic E-state index is -0.161. The molecule has 0 fully saturated rings. The molecule has 8 nitrogen and oxygen atoms in total. The number of pyridine rings is 1. The number of hydrogen-bond donors (Lipinski definition) is 2. The summed E-state index contributed by atoms with van der Waals surface area (Å²) in [6, 6.07) is 1.85. The van der Waals surface area contributed by atoms with Crippen LogP contribution in [-0.2, 0) is 13.1 Å². The molecule has 27 heavy (non-hydrogen) atoms. The van der Waals surface area contributed by atoms with Crippen LogP contribution < -0.4 is 16.0 Å². The van der Waals surface area contributed by atoms with Crippen molar-refractivity contribution in [3.05, 3.63) is 53.0 Å². The molecular weight excluding hydrogens is 342 g/mol. The lowest BCUT2D eigenvalue weighted by molar-refractivity contribution is 0.201. The summed E-state index contributed by atoms with van der Waals surface area (Å²) in [7, 11) is 3.90. The predicted octanol–water partition coefficient (Wildman–Crippen LogP) is 1.97. The quantitative estimate of drug-likeness (QED) is 0.865. The van der Waals surface area contributed by atoms with E-state index in [-0.39, 0.29) is 12.0 Å². The Morgan fingerprint density at radius 2 is 2.07 bits per heavy atom. The van der Waals surface area contributed by atoms with Gasteiger partial charge in [0, 0.05) is 37.1 Å². The molecule has 0 atom stereocenters. The van der Waals surface area contributed by atoms with E-state index in [1.165, 1.54) is 0 Å². The van der Waals surface area contributed by atoms with E-state index in [0.29, 0.717) is 13.1 Å². The van der Waals surface area contributed by atoms with Crippen molar-refractivity contribution in [3.8, 4) is 11.3 Å². The molecule has 0 bridgehead atoms. The Balaban J connectivity index is 1.66. The van der Waals surface area contributed by atoms with Crippen LogP contribution in [0.4, 0.5) is 16.6 Å². The molecule has 0 spiro atoms. The standard InChI is InChI=1S/C19H21N7O/c1-11-7-16(25(2)3)21-8-13(11)17-14-9-26(10-15(14)23-18(20)24-17)19(27)22-12-5-4-6-12/h4-8H,9-10H2,1-3H3,(H,22,27)(H2,20,23,24). The zero-order chi connectivity index (χ0) is 19.1. The second kappa shape index (κ2) is 6.39. The van der Waals surface area contributed by atoms with Gasteiger partial charge in [0.1, 0.15) is 5.82 Å². The maximum Gasteiger partial charge on any atom is 0.322 e. The number of carbonyl (C=O) groups excluding carboxylic acids is 1. The molecule has 4 rings (SSSR count). The highest BCUT2D eigenvalue weighted by atomic mass is 16.2. The molecule has 1 aliphatic heterocycles. The first-order valence-electron chi connectivity index (χ1n) is 8.66. The summed E-state index contributed by atoms with van der Waals surface area (Å²) < 4.78 is 0. The molecule has 0 aromatic carbocycles. The van der Waals surface area contributed by atoms with E-state index >= 15 is 0 Å². The first kappa shape index (κ1) is 17.0. The number of amides is 2. The molecule has 2 aromatic heterocycles. The number of nitrogen functional groups attached to an aromatic ring is 1. The van der Waals surface area contributed by atoms with Gasteiger partial charge in [-0.3, -0.25) is 0 Å². The zero-order valence-corrected chi connectivity index (χ0v) is 15.5. The Morgan fingerprint density at radius 1 is 1.30 bits per heavy atom. The molecule has 0 radical (unpaired) electrons. The largest absolute Gasteiger partial charge is 0.368 e. The summed E-state index contributed by atoms with van der Waals surface area (Å²) in [6.07, 6.45) is 7.39. The Kier molecular flexibility index (Phi) is 4.02. The van der Waals surface area contributed by atoms with Gasteiger partial charge >= 0.3 is 6.03 Å². The minimum absolute atomic E-state index is 0.161. The van der Waals surface area contributed by atoms with Gasteiger partial charge in [-0.2, -0.15) is 0 Å². The Labute approximate surface area is 157 Å². The van der Waals surface area contributed by atoms with Crippen LogP contribution in [0, 0.1) is 6.92 Å². The van der Waals surface area contributed by atoms with Crippen molar-refractivity contribution in [2.75, 3.05) is 24.7 Å². The maximum absolute atomic E-state index is 12.5. The summed E-state index contributed by atoms with van der Waals surface area (Å²) in [5.74, 6) is 1.07. The number of urea groups is 1. The number of rotatable bonds is 3. The molecule has 1 aliphatic carbocycles. The zero-order valence-electron chi connectivity index (χ0n) is 15.5. The normalized spacial score (nSPS) is 14.5. The molecule has 3 N–H and O–H groups in total. The van der Waals surface area contributed by atoms with Gasteiger partial charge in [0.05, 0.1) is 24.5 Å². The number of carbonyl (C=O) groups is 1. The Hall–Kier alpha value is -3.42. The number of nitrogens with one attached hydrogen (secondary N) is 1. The van der Waals surface area contributed by atoms with E-state index in [1.54, 1.807) is 11.1 Å². The van der Waals surface area contributed by atoms with Gasteiger partial charge in [0.15, 0.2) is 0 Å². The number of nitrogens with zero attached hydrogens (tertiary/aromatic N) is 5. The van der Waals surface area contributed by atoms with Crippen molar-refractivity contribution in [1.82, 2.24) is 25.2 Å². The fraction of sp³-hybridized carbons (Fsp3) is 0.263. The van der Waals surface area contributed by atoms with Gasteiger partial charge in [-0.05, 0) is 30.7 Å². The summed E-state index contributed by atoms with van der Waals surface area (Å²) in [5.41, 5.74) is 11.1. The molecule has 2 amide bonds. The number of fused-ring (bicyclic) bond motifs is 1. The predicted molar refractivity (Wildman–Crippen MR) is 104 cm³/mol. The molecule has 2 aromatic rings. The molecule has 8 heteroatoms. The van der Waals surface area contributed by atoms with Crippen molar-refractivity contribution < 1.29 is 4.79 Å². The van der Waals surface area contributed by atoms with Crippen molar-refractivity contribution in [2.24, 2.45) is 0 Å². The number of anilines is 2. The van der Waals surface area contributed by atoms with Crippen molar-refractivity contribution in [1.29, 1.82) is 0 Å². The third-order valence-electron chi connectivity index (χ3n) is 4.70. The lowest BCUT2D eigenvalue weighted by Crippen LogP contribution is -2.36. The van der Waals surface area contributed by atoms with E-state index in [9.17, 15) is 4.79 Å². The molecule has 2 aliphatic rings. The number of nitrogens with two attached hydrogens (primary N) is 1. The summed E-state index contributed by atoms with van der Waals surface area (Å²) in [6.45, 7) is 2.85. The number of aryl methyl sites for hydroxylation is 1. The molecule has 0 unspecified atom stereocenters. The molecular formula is C19H21N7O. The van der Waals surface area contributed by atoms with Crippen LogP contribution in [0.1, 0.15) is 16.8 Å². The van der Waals surface area contributed by atoms with Crippen LogP contribution in [0.25, 0.3) is 11.3 Å². The monoisotopic (exact) mass is 363 g/mol. The highest BCUT2D eigenvalue weighted by molar-refractivity contribution is 5.79. The smallest absolute Gasteiger partial charge is 0.322 e. The molecule has 138 valence electrons. The van der Waals surface area contributed by atoms with E-state index in [4.69, 9.17) is 5.73 Å². The highest BCUT2D eigenvalue weighted by Gasteiger charge is 2.29. The van der Waals surface area contributed by atoms with E-state index < -0.39 is 0 Å². The first-order valence-corrected chi connectivity index (χ1v) is 8.66. The van der Waals surface area contributed by atoms with Gasteiger partial charge in [-0.1, -0.05) is 6.08 Å². The lowest BCUT2D eigenvalue weighted by atomic mass is 10.0. The second-order valence-corrected chi connectivity index (χ2v) is 6.87. The third kappa shape index (κ3) is 3.10. The number of hydrogen-bond acceptors (Lipinski definition) is 6. The number of allylic oxidation sites excluding steroid dienone is 3. The Bertz CT molecular complexity index is 994. The van der Waals surface area contributed by atoms with Gasteiger partial charge < -0.3 is 20.9 Å². The van der Waals surface area contributed by atoms with Gasteiger partial charge in [-0.15, -0.1) is 0 Å². The van der Waals surface area contributed by atoms with Crippen LogP contribution in [0.15, 0.2) is 36.2 Å². The second-order valence-electron chi connectivity index (χ2n) is 6.87. The topological polar surface area (TPSA) is 100 Å². The average molecular weight is 363 g/mol. The average Bonchev–Trinajstić information content (AvgIpc) is 3.01. The third-order valence-corrected chi connectivity index (χ3v) is 4.70. The van der Waals surface area contributed by atoms with E-state index in [2.05, 4.69) is 20.3 Å². The van der Waals surface area contributed by atoms with Gasteiger partial charge in [-0.25, -0.2) is 19.7 Å². The molecule has 0 saturated heterocycles. The summed E-state index contributed by atoms with van der Waals surface area (Å²) >= 11 is 0. The van der Waals surface area contributed by atoms with Gasteiger partial charge in [0.2, 0.25) is 5.95 Å². The van der Waals surface area contributed by atoms with Gasteiger partial charge in [0.25, 0.3) is 0 Å². The van der Waals surface area contributed by atoms with Crippen LogP contribution in [-0.4, -0.2) is 40.0 Å². The first-order chi connectivity index (χ1) is 12.9. The molecule has 0 saturated carbocycles. The lowest BCUT2D eigenvalue weighted by Gasteiger charge is -2.18. The summed E-state index contributed by atoms with van der Waals surface area (Å²) in [4.78, 5) is 29.4. The van der Waals surface area contributed by atoms with Crippen LogP contribution in [0.5, 0.6) is 0 Å². The van der Waals surface area contributed by atoms with E-state index in [1.807, 2.05) is 50.2 Å². The maximum atomic E-state index is 12.5. The van der Waals surface area contributed by atoms with E-state index in [0.717, 1.165) is 39.6 Å². The fourth-order valence-corrected chi connectivity index (χ4v) is 3.15. The van der Waals surface area contributed by atoms with Crippen LogP contribution in [0.2, 0.25) is 0 Å². The van der Waals surface area contributed by atoms with Crippen molar-refractivity contribution in [2.45, 2.75) is 20.0 Å². The minimum Gasteiger partial charge on any atom is -0.368 e. The highest BCUT2D eigenvalue weighted by Crippen LogP contribution is 2.33. The van der Waals surface area contributed by atoms with Crippen molar-refractivity contribution >= 4 is 17.8 Å². The fourth-order valence-electron chi connectivity index (χ4n) is 3.15. The van der Waals surface area contributed by atoms with Crippen molar-refractivity contribution in [3.63, 3.8) is 0 Å². The van der Waals surface area contributed by atoms with Crippen LogP contribution >= 0.6 is 0 Å². The van der Waals surface area contributed by atoms with Crippen LogP contribution in [0.3, 0.4) is 0 Å². The number of aromatic nitrogens is 3. The molecule has 3 heterocycles.